The highest BCUT2D eigenvalue weighted by molar-refractivity contribution is 7.89. The lowest BCUT2D eigenvalue weighted by atomic mass is 10.0. The molecule has 1 N–H and O–H groups in total. The van der Waals surface area contributed by atoms with Gasteiger partial charge in [0.25, 0.3) is 0 Å². The topological polar surface area (TPSA) is 78.8 Å². The number of aromatic amines is 1. The maximum atomic E-state index is 12.8. The van der Waals surface area contributed by atoms with Crippen LogP contribution in [0, 0.1) is 0 Å². The van der Waals surface area contributed by atoms with Crippen molar-refractivity contribution >= 4 is 22.4 Å². The fourth-order valence-electron chi connectivity index (χ4n) is 3.43. The second-order valence-corrected chi connectivity index (χ2v) is 8.43. The first-order chi connectivity index (χ1) is 15.9. The van der Waals surface area contributed by atoms with E-state index in [1.54, 1.807) is 36.9 Å². The molecular formula is C23H15F3N4O2S. The lowest BCUT2D eigenvalue weighted by Gasteiger charge is -2.09. The van der Waals surface area contributed by atoms with E-state index in [0.29, 0.717) is 16.1 Å². The highest BCUT2D eigenvalue weighted by atomic mass is 32.2. The van der Waals surface area contributed by atoms with Crippen LogP contribution in [0.2, 0.25) is 0 Å². The number of fused-ring (bicyclic) bond motifs is 1. The summed E-state index contributed by atoms with van der Waals surface area (Å²) in [6.45, 7) is 0. The Kier molecular flexibility index (Phi) is 5.31. The van der Waals surface area contributed by atoms with Gasteiger partial charge in [-0.25, -0.2) is 4.98 Å². The molecule has 0 radical (unpaired) electrons. The molecule has 33 heavy (non-hydrogen) atoms. The fourth-order valence-corrected chi connectivity index (χ4v) is 4.38. The number of hydrogen-bond acceptors (Lipinski definition) is 4. The molecule has 1 atom stereocenters. The highest BCUT2D eigenvalue weighted by Crippen LogP contribution is 2.32. The Bertz CT molecular complexity index is 1400. The van der Waals surface area contributed by atoms with E-state index in [2.05, 4.69) is 19.8 Å². The molecule has 5 rings (SSSR count). The molecule has 0 bridgehead atoms. The van der Waals surface area contributed by atoms with Gasteiger partial charge in [0.2, 0.25) is 0 Å². The third kappa shape index (κ3) is 4.43. The molecule has 6 nitrogen and oxygen atoms in total. The minimum Gasteiger partial charge on any atom is -0.586 e. The first kappa shape index (κ1) is 21.1. The van der Waals surface area contributed by atoms with Gasteiger partial charge in [-0.15, -0.1) is 18.3 Å². The highest BCUT2D eigenvalue weighted by Gasteiger charge is 2.31. The lowest BCUT2D eigenvalue weighted by molar-refractivity contribution is -0.274. The first-order valence-electron chi connectivity index (χ1n) is 9.73. The van der Waals surface area contributed by atoms with Crippen LogP contribution in [0.4, 0.5) is 13.2 Å². The summed E-state index contributed by atoms with van der Waals surface area (Å²) in [5.41, 5.74) is 3.61. The number of nitrogens with one attached hydrogen (secondary N) is 1. The zero-order valence-corrected chi connectivity index (χ0v) is 17.6. The molecule has 0 saturated heterocycles. The van der Waals surface area contributed by atoms with Crippen molar-refractivity contribution in [2.75, 3.05) is 0 Å². The van der Waals surface area contributed by atoms with Crippen LogP contribution < -0.4 is 4.74 Å². The van der Waals surface area contributed by atoms with Gasteiger partial charge in [-0.1, -0.05) is 34.4 Å². The van der Waals surface area contributed by atoms with Crippen LogP contribution in [-0.2, 0) is 11.4 Å². The number of pyridine rings is 1. The Morgan fingerprint density at radius 2 is 1.70 bits per heavy atom. The average molecular weight is 468 g/mol. The van der Waals surface area contributed by atoms with E-state index in [-0.39, 0.29) is 5.75 Å². The molecule has 166 valence electrons. The van der Waals surface area contributed by atoms with Crippen molar-refractivity contribution in [3.63, 3.8) is 0 Å². The van der Waals surface area contributed by atoms with Crippen LogP contribution in [0.25, 0.3) is 33.3 Å². The zero-order chi connectivity index (χ0) is 23.0. The van der Waals surface area contributed by atoms with E-state index in [1.807, 2.05) is 24.3 Å². The summed E-state index contributed by atoms with van der Waals surface area (Å²) in [6, 6.07) is 16.5. The molecule has 3 heterocycles. The number of rotatable bonds is 5. The van der Waals surface area contributed by atoms with Crippen molar-refractivity contribution in [3.8, 4) is 28.0 Å². The van der Waals surface area contributed by atoms with Crippen LogP contribution in [0.3, 0.4) is 0 Å². The molecular weight excluding hydrogens is 453 g/mol. The van der Waals surface area contributed by atoms with Crippen LogP contribution in [0.1, 0.15) is 0 Å². The van der Waals surface area contributed by atoms with Gasteiger partial charge in [0.1, 0.15) is 22.8 Å². The van der Waals surface area contributed by atoms with Gasteiger partial charge in [-0.2, -0.15) is 0 Å². The summed E-state index contributed by atoms with van der Waals surface area (Å²) in [4.78, 5) is 8.15. The molecule has 0 aliphatic rings. The summed E-state index contributed by atoms with van der Waals surface area (Å²) >= 11 is -1.48. The predicted octanol–water partition coefficient (Wildman–Crippen LogP) is 5.56. The Morgan fingerprint density at radius 1 is 0.939 bits per heavy atom. The minimum absolute atomic E-state index is 0.290. The van der Waals surface area contributed by atoms with Crippen molar-refractivity contribution < 1.29 is 22.5 Å². The van der Waals surface area contributed by atoms with Crippen LogP contribution in [-0.4, -0.2) is 30.1 Å². The molecule has 0 aliphatic heterocycles. The van der Waals surface area contributed by atoms with E-state index in [1.165, 1.54) is 28.4 Å². The first-order valence-corrected chi connectivity index (χ1v) is 10.8. The van der Waals surface area contributed by atoms with Crippen molar-refractivity contribution in [1.29, 1.82) is 0 Å². The van der Waals surface area contributed by atoms with Crippen molar-refractivity contribution in [3.05, 3.63) is 85.5 Å². The van der Waals surface area contributed by atoms with E-state index in [0.717, 1.165) is 22.1 Å². The molecule has 5 aromatic rings. The Hall–Kier alpha value is -3.76. The standard InChI is InChI=1S/C23H15F3N4O2S/c24-23(25,26)32-18-8-6-15(7-9-18)16-10-20-21(13-28-22(20)27-11-16)17-12-29-30(14-17)33(31)19-4-2-1-3-5-19/h1-14H,(H,27,28). The summed E-state index contributed by atoms with van der Waals surface area (Å²) in [5, 5.41) is 5.05. The normalized spacial score (nSPS) is 12.7. The second-order valence-electron chi connectivity index (χ2n) is 7.09. The number of nitrogens with zero attached hydrogens (tertiary/aromatic N) is 3. The van der Waals surface area contributed by atoms with Crippen LogP contribution in [0.5, 0.6) is 5.75 Å². The van der Waals surface area contributed by atoms with Crippen molar-refractivity contribution in [2.45, 2.75) is 11.3 Å². The van der Waals surface area contributed by atoms with E-state index in [9.17, 15) is 17.7 Å². The number of aromatic nitrogens is 4. The number of benzene rings is 2. The van der Waals surface area contributed by atoms with Crippen LogP contribution >= 0.6 is 0 Å². The summed E-state index contributed by atoms with van der Waals surface area (Å²) < 4.78 is 55.3. The molecule has 0 fully saturated rings. The SMILES string of the molecule is [O-][S+](c1ccccc1)n1cc(-c2c[nH]c3ncc(-c4ccc(OC(F)(F)F)cc4)cc23)cn1. The van der Waals surface area contributed by atoms with Gasteiger partial charge >= 0.3 is 6.36 Å². The number of alkyl halides is 3. The molecule has 2 aromatic carbocycles. The van der Waals surface area contributed by atoms with E-state index in [4.69, 9.17) is 0 Å². The monoisotopic (exact) mass is 468 g/mol. The minimum atomic E-state index is -4.74. The number of halogens is 3. The third-order valence-corrected chi connectivity index (χ3v) is 6.15. The third-order valence-electron chi connectivity index (χ3n) is 4.94. The quantitative estimate of drug-likeness (QED) is 0.343. The second kappa shape index (κ2) is 8.30. The number of ether oxygens (including phenoxy) is 1. The van der Waals surface area contributed by atoms with Crippen molar-refractivity contribution in [2.24, 2.45) is 0 Å². The molecule has 0 amide bonds. The largest absolute Gasteiger partial charge is 0.586 e. The zero-order valence-electron chi connectivity index (χ0n) is 16.8. The molecule has 10 heteroatoms. The lowest BCUT2D eigenvalue weighted by Crippen LogP contribution is -2.16. The average Bonchev–Trinajstić information content (AvgIpc) is 3.45. The van der Waals surface area contributed by atoms with Gasteiger partial charge in [0, 0.05) is 34.5 Å². The fraction of sp³-hybridized carbons (Fsp3) is 0.0435. The maximum absolute atomic E-state index is 12.8. The van der Waals surface area contributed by atoms with Gasteiger partial charge in [0.05, 0.1) is 12.4 Å². The molecule has 3 aromatic heterocycles. The van der Waals surface area contributed by atoms with Gasteiger partial charge in [-0.3, -0.25) is 0 Å². The molecule has 1 unspecified atom stereocenters. The number of H-pyrrole nitrogens is 1. The Labute approximate surface area is 189 Å². The Balaban J connectivity index is 1.45. The van der Waals surface area contributed by atoms with Crippen LogP contribution in [0.15, 0.2) is 90.3 Å². The Morgan fingerprint density at radius 3 is 2.42 bits per heavy atom. The van der Waals surface area contributed by atoms with Gasteiger partial charge < -0.3 is 14.3 Å². The maximum Gasteiger partial charge on any atom is 0.573 e. The van der Waals surface area contributed by atoms with Gasteiger partial charge in [-0.05, 0) is 35.9 Å². The summed E-state index contributed by atoms with van der Waals surface area (Å²) in [6.07, 6.45) is 2.00. The summed E-state index contributed by atoms with van der Waals surface area (Å²) in [7, 11) is 0. The number of hydrogen-bond donors (Lipinski definition) is 1. The van der Waals surface area contributed by atoms with E-state index >= 15 is 0 Å². The predicted molar refractivity (Wildman–Crippen MR) is 118 cm³/mol. The van der Waals surface area contributed by atoms with Crippen molar-refractivity contribution in [1.82, 2.24) is 19.2 Å². The smallest absolute Gasteiger partial charge is 0.573 e. The molecule has 0 saturated carbocycles. The molecule has 0 spiro atoms. The van der Waals surface area contributed by atoms with E-state index < -0.39 is 17.7 Å². The van der Waals surface area contributed by atoms with Gasteiger partial charge in [0.15, 0.2) is 4.90 Å². The summed E-state index contributed by atoms with van der Waals surface area (Å²) in [5.74, 6) is -0.290. The molecule has 0 aliphatic carbocycles.